The Morgan fingerprint density at radius 1 is 1.25 bits per heavy atom. The summed E-state index contributed by atoms with van der Waals surface area (Å²) in [5.41, 5.74) is 0. The van der Waals surface area contributed by atoms with Gasteiger partial charge in [0.25, 0.3) is 0 Å². The average molecular weight is 222 g/mol. The lowest BCUT2D eigenvalue weighted by Gasteiger charge is -1.94. The van der Waals surface area contributed by atoms with Crippen LogP contribution in [0, 0.1) is 11.8 Å². The lowest BCUT2D eigenvalue weighted by molar-refractivity contribution is -0.134. The Labute approximate surface area is 96.9 Å². The second-order valence-corrected chi connectivity index (χ2v) is 3.21. The first-order valence-corrected chi connectivity index (χ1v) is 5.42. The minimum Gasteiger partial charge on any atom is -0.466 e. The standard InChI is InChI=1S/C13H18O3/c1-3-4-5-6-9-12(14)10-7-8-11-13(15)16-2/h8,11H,3,6-7,9-10H2,1-2H3/b11-8+. The van der Waals surface area contributed by atoms with Gasteiger partial charge in [0.05, 0.1) is 7.11 Å². The van der Waals surface area contributed by atoms with Gasteiger partial charge in [0, 0.05) is 31.8 Å². The maximum Gasteiger partial charge on any atom is 0.330 e. The normalized spacial score (nSPS) is 9.62. The van der Waals surface area contributed by atoms with E-state index in [1.54, 1.807) is 6.08 Å². The second-order valence-electron chi connectivity index (χ2n) is 3.21. The maximum atomic E-state index is 11.3. The van der Waals surface area contributed by atoms with Crippen LogP contribution in [-0.4, -0.2) is 18.9 Å². The lowest BCUT2D eigenvalue weighted by Crippen LogP contribution is -1.97. The molecule has 0 aliphatic heterocycles. The van der Waals surface area contributed by atoms with Gasteiger partial charge in [-0.3, -0.25) is 4.79 Å². The summed E-state index contributed by atoms with van der Waals surface area (Å²) in [6.07, 6.45) is 5.99. The molecule has 0 amide bonds. The average Bonchev–Trinajstić information content (AvgIpc) is 2.30. The third kappa shape index (κ3) is 9.01. The first-order chi connectivity index (χ1) is 7.70. The molecule has 0 aliphatic rings. The van der Waals surface area contributed by atoms with Gasteiger partial charge in [-0.15, -0.1) is 11.8 Å². The molecule has 0 heterocycles. The molecule has 0 aliphatic carbocycles. The number of esters is 1. The van der Waals surface area contributed by atoms with Crippen molar-refractivity contribution in [2.24, 2.45) is 0 Å². The molecule has 3 nitrogen and oxygen atoms in total. The van der Waals surface area contributed by atoms with Crippen LogP contribution in [0.5, 0.6) is 0 Å². The molecule has 0 spiro atoms. The summed E-state index contributed by atoms with van der Waals surface area (Å²) in [6.45, 7) is 1.98. The van der Waals surface area contributed by atoms with Gasteiger partial charge in [0.1, 0.15) is 5.78 Å². The van der Waals surface area contributed by atoms with Crippen molar-refractivity contribution in [1.82, 2.24) is 0 Å². The smallest absolute Gasteiger partial charge is 0.330 e. The zero-order valence-corrected chi connectivity index (χ0v) is 9.91. The van der Waals surface area contributed by atoms with Crippen molar-refractivity contribution in [3.63, 3.8) is 0 Å². The van der Waals surface area contributed by atoms with E-state index in [-0.39, 0.29) is 11.8 Å². The van der Waals surface area contributed by atoms with Crippen LogP contribution in [0.25, 0.3) is 0 Å². The molecule has 0 saturated heterocycles. The van der Waals surface area contributed by atoms with E-state index in [1.165, 1.54) is 13.2 Å². The number of carbonyl (C=O) groups is 2. The van der Waals surface area contributed by atoms with Crippen LogP contribution in [0.4, 0.5) is 0 Å². The van der Waals surface area contributed by atoms with Gasteiger partial charge in [-0.1, -0.05) is 13.0 Å². The molecule has 0 aromatic carbocycles. The zero-order valence-electron chi connectivity index (χ0n) is 9.91. The van der Waals surface area contributed by atoms with Crippen molar-refractivity contribution in [3.05, 3.63) is 12.2 Å². The van der Waals surface area contributed by atoms with E-state index < -0.39 is 0 Å². The molecule has 88 valence electrons. The van der Waals surface area contributed by atoms with Crippen molar-refractivity contribution >= 4 is 11.8 Å². The highest BCUT2D eigenvalue weighted by Gasteiger charge is 1.98. The van der Waals surface area contributed by atoms with E-state index in [4.69, 9.17) is 0 Å². The maximum absolute atomic E-state index is 11.3. The van der Waals surface area contributed by atoms with Crippen LogP contribution in [0.2, 0.25) is 0 Å². The Kier molecular flexibility index (Phi) is 9.00. The van der Waals surface area contributed by atoms with Crippen LogP contribution in [0.1, 0.15) is 39.0 Å². The molecule has 0 fully saturated rings. The van der Waals surface area contributed by atoms with Crippen LogP contribution >= 0.6 is 0 Å². The zero-order chi connectivity index (χ0) is 12.2. The van der Waals surface area contributed by atoms with Crippen LogP contribution < -0.4 is 0 Å². The fraction of sp³-hybridized carbons (Fsp3) is 0.538. The molecule has 0 aromatic rings. The van der Waals surface area contributed by atoms with Crippen LogP contribution in [0.3, 0.4) is 0 Å². The molecule has 0 atom stereocenters. The Hall–Kier alpha value is -1.56. The molecule has 0 rings (SSSR count). The van der Waals surface area contributed by atoms with E-state index in [0.717, 1.165) is 6.42 Å². The van der Waals surface area contributed by atoms with Gasteiger partial charge in [-0.2, -0.15) is 0 Å². The predicted octanol–water partition coefficient (Wildman–Crippen LogP) is 2.26. The van der Waals surface area contributed by atoms with Gasteiger partial charge in [0.15, 0.2) is 0 Å². The molecule has 0 N–H and O–H groups in total. The molecule has 16 heavy (non-hydrogen) atoms. The highest BCUT2D eigenvalue weighted by Crippen LogP contribution is 1.99. The highest BCUT2D eigenvalue weighted by molar-refractivity contribution is 5.82. The van der Waals surface area contributed by atoms with E-state index >= 15 is 0 Å². The number of allylic oxidation sites excluding steroid dienone is 1. The quantitative estimate of drug-likeness (QED) is 0.393. The summed E-state index contributed by atoms with van der Waals surface area (Å²) in [7, 11) is 1.32. The lowest BCUT2D eigenvalue weighted by atomic mass is 10.1. The minimum absolute atomic E-state index is 0.180. The molecule has 0 unspecified atom stereocenters. The Balaban J connectivity index is 3.58. The number of carbonyl (C=O) groups excluding carboxylic acids is 2. The number of ether oxygens (including phenoxy) is 1. The molecule has 3 heteroatoms. The molecule has 0 radical (unpaired) electrons. The van der Waals surface area contributed by atoms with Gasteiger partial charge >= 0.3 is 5.97 Å². The van der Waals surface area contributed by atoms with Crippen molar-refractivity contribution in [3.8, 4) is 11.8 Å². The fourth-order valence-corrected chi connectivity index (χ4v) is 1.03. The predicted molar refractivity (Wildman–Crippen MR) is 62.7 cm³/mol. The van der Waals surface area contributed by atoms with Crippen molar-refractivity contribution in [2.45, 2.75) is 39.0 Å². The first kappa shape index (κ1) is 14.4. The Morgan fingerprint density at radius 2 is 2.00 bits per heavy atom. The van der Waals surface area contributed by atoms with Gasteiger partial charge in [-0.25, -0.2) is 4.79 Å². The summed E-state index contributed by atoms with van der Waals surface area (Å²) >= 11 is 0. The summed E-state index contributed by atoms with van der Waals surface area (Å²) < 4.78 is 4.42. The summed E-state index contributed by atoms with van der Waals surface area (Å²) in [6, 6.07) is 0. The summed E-state index contributed by atoms with van der Waals surface area (Å²) in [5.74, 6) is 5.63. The molecular formula is C13H18O3. The monoisotopic (exact) mass is 222 g/mol. The number of Topliss-reactive ketones (excluding diaryl/α,β-unsaturated/α-hetero) is 1. The van der Waals surface area contributed by atoms with Gasteiger partial charge in [-0.05, 0) is 6.42 Å². The van der Waals surface area contributed by atoms with E-state index in [1.807, 2.05) is 6.92 Å². The molecule has 0 aromatic heterocycles. The topological polar surface area (TPSA) is 43.4 Å². The summed E-state index contributed by atoms with van der Waals surface area (Å²) in [5, 5.41) is 0. The molecular weight excluding hydrogens is 204 g/mol. The third-order valence-corrected chi connectivity index (χ3v) is 1.88. The first-order valence-electron chi connectivity index (χ1n) is 5.42. The summed E-state index contributed by atoms with van der Waals surface area (Å²) in [4.78, 5) is 22.0. The van der Waals surface area contributed by atoms with Crippen molar-refractivity contribution < 1.29 is 14.3 Å². The Bertz CT molecular complexity index is 305. The van der Waals surface area contributed by atoms with E-state index in [9.17, 15) is 9.59 Å². The molecule has 0 saturated carbocycles. The second kappa shape index (κ2) is 9.97. The van der Waals surface area contributed by atoms with E-state index in [0.29, 0.717) is 25.7 Å². The number of rotatable bonds is 6. The number of hydrogen-bond donors (Lipinski definition) is 0. The minimum atomic E-state index is -0.388. The van der Waals surface area contributed by atoms with Gasteiger partial charge in [0.2, 0.25) is 0 Å². The Morgan fingerprint density at radius 3 is 2.62 bits per heavy atom. The van der Waals surface area contributed by atoms with Crippen molar-refractivity contribution in [1.29, 1.82) is 0 Å². The highest BCUT2D eigenvalue weighted by atomic mass is 16.5. The molecule has 0 bridgehead atoms. The van der Waals surface area contributed by atoms with Crippen LogP contribution in [-0.2, 0) is 14.3 Å². The number of methoxy groups -OCH3 is 1. The third-order valence-electron chi connectivity index (χ3n) is 1.88. The van der Waals surface area contributed by atoms with Crippen molar-refractivity contribution in [2.75, 3.05) is 7.11 Å². The SMILES string of the molecule is CCC#CCCC(=O)CC/C=C/C(=O)OC. The largest absolute Gasteiger partial charge is 0.466 e. The van der Waals surface area contributed by atoms with E-state index in [2.05, 4.69) is 16.6 Å². The van der Waals surface area contributed by atoms with Crippen LogP contribution in [0.15, 0.2) is 12.2 Å². The number of ketones is 1. The van der Waals surface area contributed by atoms with Gasteiger partial charge < -0.3 is 4.74 Å². The number of hydrogen-bond acceptors (Lipinski definition) is 3. The fourth-order valence-electron chi connectivity index (χ4n) is 1.03.